The molecule has 3 rings (SSSR count). The Bertz CT molecular complexity index is 685. The fourth-order valence-electron chi connectivity index (χ4n) is 3.36. The van der Waals surface area contributed by atoms with Gasteiger partial charge in [-0.2, -0.15) is 0 Å². The number of rotatable bonds is 5. The fraction of sp³-hybridized carbons (Fsp3) is 0.409. The fourth-order valence-corrected chi connectivity index (χ4v) is 3.36. The molecule has 0 bridgehead atoms. The first-order valence-electron chi connectivity index (χ1n) is 9.30. The van der Waals surface area contributed by atoms with Crippen LogP contribution >= 0.6 is 0 Å². The Morgan fingerprint density at radius 3 is 2.28 bits per heavy atom. The van der Waals surface area contributed by atoms with Crippen LogP contribution in [0.4, 0.5) is 0 Å². The van der Waals surface area contributed by atoms with Crippen molar-refractivity contribution in [1.29, 1.82) is 0 Å². The average molecular weight is 336 g/mol. The molecule has 3 nitrogen and oxygen atoms in total. The van der Waals surface area contributed by atoms with Gasteiger partial charge in [0.1, 0.15) is 0 Å². The summed E-state index contributed by atoms with van der Waals surface area (Å²) in [6.07, 6.45) is 3.96. The molecule has 1 saturated heterocycles. The van der Waals surface area contributed by atoms with Crippen LogP contribution in [0.1, 0.15) is 59.3 Å². The van der Waals surface area contributed by atoms with Gasteiger partial charge in [0.15, 0.2) is 0 Å². The molecule has 1 fully saturated rings. The van der Waals surface area contributed by atoms with Crippen LogP contribution in [0.2, 0.25) is 0 Å². The van der Waals surface area contributed by atoms with Crippen molar-refractivity contribution in [2.24, 2.45) is 0 Å². The lowest BCUT2D eigenvalue weighted by Crippen LogP contribution is -2.29. The van der Waals surface area contributed by atoms with E-state index >= 15 is 0 Å². The molecule has 3 heteroatoms. The lowest BCUT2D eigenvalue weighted by molar-refractivity contribution is 0.0940. The van der Waals surface area contributed by atoms with Crippen molar-refractivity contribution in [3.8, 4) is 0 Å². The Balaban J connectivity index is 1.57. The van der Waals surface area contributed by atoms with E-state index in [0.717, 1.165) is 17.7 Å². The monoisotopic (exact) mass is 336 g/mol. The maximum atomic E-state index is 12.5. The minimum Gasteiger partial charge on any atom is -0.346 e. The third-order valence-corrected chi connectivity index (χ3v) is 5.00. The zero-order valence-corrected chi connectivity index (χ0v) is 15.3. The largest absolute Gasteiger partial charge is 0.346 e. The van der Waals surface area contributed by atoms with Gasteiger partial charge in [-0.1, -0.05) is 48.4 Å². The third-order valence-electron chi connectivity index (χ3n) is 5.00. The van der Waals surface area contributed by atoms with E-state index in [1.54, 1.807) is 0 Å². The SMILES string of the molecule is Cc1ccc([C@@H](C)NC(=O)c2ccc(CN3CCCCC3)cc2)cc1. The molecule has 1 atom stereocenters. The molecule has 1 heterocycles. The van der Waals surface area contributed by atoms with Crippen LogP contribution in [-0.4, -0.2) is 23.9 Å². The zero-order chi connectivity index (χ0) is 17.6. The van der Waals surface area contributed by atoms with Crippen molar-refractivity contribution in [1.82, 2.24) is 10.2 Å². The standard InChI is InChI=1S/C22H28N2O/c1-17-6-10-20(11-7-17)18(2)23-22(25)21-12-8-19(9-13-21)16-24-14-4-3-5-15-24/h6-13,18H,3-5,14-16H2,1-2H3,(H,23,25)/t18-/m1/s1. The summed E-state index contributed by atoms with van der Waals surface area (Å²) in [5.41, 5.74) is 4.36. The normalized spacial score (nSPS) is 16.4. The second-order valence-electron chi connectivity index (χ2n) is 7.14. The quantitative estimate of drug-likeness (QED) is 0.873. The van der Waals surface area contributed by atoms with Crippen LogP contribution in [-0.2, 0) is 6.54 Å². The minimum atomic E-state index is -0.0161. The number of amides is 1. The van der Waals surface area contributed by atoms with E-state index in [0.29, 0.717) is 0 Å². The smallest absolute Gasteiger partial charge is 0.251 e. The van der Waals surface area contributed by atoms with Crippen molar-refractivity contribution in [2.45, 2.75) is 45.7 Å². The molecular formula is C22H28N2O. The van der Waals surface area contributed by atoms with Crippen molar-refractivity contribution >= 4 is 5.91 Å². The highest BCUT2D eigenvalue weighted by atomic mass is 16.1. The summed E-state index contributed by atoms with van der Waals surface area (Å²) >= 11 is 0. The molecule has 1 aliphatic heterocycles. The number of carbonyl (C=O) groups excluding carboxylic acids is 1. The van der Waals surface area contributed by atoms with E-state index in [2.05, 4.69) is 53.5 Å². The summed E-state index contributed by atoms with van der Waals surface area (Å²) in [5, 5.41) is 3.08. The van der Waals surface area contributed by atoms with Crippen LogP contribution in [0, 0.1) is 6.92 Å². The molecular weight excluding hydrogens is 308 g/mol. The second kappa shape index (κ2) is 8.30. The molecule has 0 aliphatic carbocycles. The molecule has 2 aromatic carbocycles. The van der Waals surface area contributed by atoms with E-state index in [-0.39, 0.29) is 11.9 Å². The Labute approximate surface area is 151 Å². The van der Waals surface area contributed by atoms with Gasteiger partial charge in [0, 0.05) is 12.1 Å². The number of nitrogens with zero attached hydrogens (tertiary/aromatic N) is 1. The van der Waals surface area contributed by atoms with Crippen LogP contribution in [0.25, 0.3) is 0 Å². The predicted octanol–water partition coefficient (Wildman–Crippen LogP) is 4.47. The summed E-state index contributed by atoms with van der Waals surface area (Å²) in [5.74, 6) is -0.0161. The predicted molar refractivity (Wildman–Crippen MR) is 103 cm³/mol. The van der Waals surface area contributed by atoms with Gasteiger partial charge in [0.2, 0.25) is 0 Å². The molecule has 132 valence electrons. The van der Waals surface area contributed by atoms with Crippen LogP contribution in [0.5, 0.6) is 0 Å². The number of hydrogen-bond donors (Lipinski definition) is 1. The van der Waals surface area contributed by atoms with Gasteiger partial charge in [0.05, 0.1) is 6.04 Å². The maximum Gasteiger partial charge on any atom is 0.251 e. The highest BCUT2D eigenvalue weighted by molar-refractivity contribution is 5.94. The number of piperidine rings is 1. The summed E-state index contributed by atoms with van der Waals surface area (Å²) in [6, 6.07) is 16.3. The van der Waals surface area contributed by atoms with E-state index in [1.165, 1.54) is 43.5 Å². The first-order chi connectivity index (χ1) is 12.1. The van der Waals surface area contributed by atoms with Gasteiger partial charge in [-0.05, 0) is 63.0 Å². The van der Waals surface area contributed by atoms with E-state index in [4.69, 9.17) is 0 Å². The van der Waals surface area contributed by atoms with Crippen molar-refractivity contribution in [2.75, 3.05) is 13.1 Å². The topological polar surface area (TPSA) is 32.3 Å². The molecule has 0 unspecified atom stereocenters. The molecule has 1 amide bonds. The summed E-state index contributed by atoms with van der Waals surface area (Å²) in [6.45, 7) is 7.46. The van der Waals surface area contributed by atoms with E-state index in [1.807, 2.05) is 19.1 Å². The Morgan fingerprint density at radius 2 is 1.64 bits per heavy atom. The molecule has 25 heavy (non-hydrogen) atoms. The van der Waals surface area contributed by atoms with Gasteiger partial charge in [0.25, 0.3) is 5.91 Å². The summed E-state index contributed by atoms with van der Waals surface area (Å²) in [7, 11) is 0. The number of nitrogens with one attached hydrogen (secondary N) is 1. The van der Waals surface area contributed by atoms with Gasteiger partial charge >= 0.3 is 0 Å². The molecule has 1 N–H and O–H groups in total. The Morgan fingerprint density at radius 1 is 1.00 bits per heavy atom. The summed E-state index contributed by atoms with van der Waals surface area (Å²) in [4.78, 5) is 15.0. The van der Waals surface area contributed by atoms with Crippen molar-refractivity contribution < 1.29 is 4.79 Å². The third kappa shape index (κ3) is 4.93. The highest BCUT2D eigenvalue weighted by Gasteiger charge is 2.13. The van der Waals surface area contributed by atoms with Crippen molar-refractivity contribution in [3.63, 3.8) is 0 Å². The molecule has 0 aromatic heterocycles. The van der Waals surface area contributed by atoms with Gasteiger partial charge in [-0.15, -0.1) is 0 Å². The zero-order valence-electron chi connectivity index (χ0n) is 15.3. The lowest BCUT2D eigenvalue weighted by atomic mass is 10.1. The Kier molecular flexibility index (Phi) is 5.87. The first-order valence-corrected chi connectivity index (χ1v) is 9.30. The number of benzene rings is 2. The molecule has 1 aliphatic rings. The van der Waals surface area contributed by atoms with Crippen molar-refractivity contribution in [3.05, 3.63) is 70.8 Å². The molecule has 2 aromatic rings. The maximum absolute atomic E-state index is 12.5. The number of carbonyl (C=O) groups is 1. The van der Waals surface area contributed by atoms with Crippen LogP contribution in [0.15, 0.2) is 48.5 Å². The number of hydrogen-bond acceptors (Lipinski definition) is 2. The molecule has 0 saturated carbocycles. The van der Waals surface area contributed by atoms with E-state index < -0.39 is 0 Å². The summed E-state index contributed by atoms with van der Waals surface area (Å²) < 4.78 is 0. The van der Waals surface area contributed by atoms with Crippen LogP contribution in [0.3, 0.4) is 0 Å². The first kappa shape index (κ1) is 17.7. The van der Waals surface area contributed by atoms with Crippen LogP contribution < -0.4 is 5.32 Å². The highest BCUT2D eigenvalue weighted by Crippen LogP contribution is 2.16. The van der Waals surface area contributed by atoms with Gasteiger partial charge in [-0.25, -0.2) is 0 Å². The minimum absolute atomic E-state index is 0.00104. The second-order valence-corrected chi connectivity index (χ2v) is 7.14. The Hall–Kier alpha value is -2.13. The molecule has 0 spiro atoms. The van der Waals surface area contributed by atoms with E-state index in [9.17, 15) is 4.79 Å². The van der Waals surface area contributed by atoms with Gasteiger partial charge < -0.3 is 5.32 Å². The molecule has 0 radical (unpaired) electrons. The average Bonchev–Trinajstić information content (AvgIpc) is 2.63. The van der Waals surface area contributed by atoms with Gasteiger partial charge in [-0.3, -0.25) is 9.69 Å². The number of aryl methyl sites for hydroxylation is 1. The number of likely N-dealkylation sites (tertiary alicyclic amines) is 1. The lowest BCUT2D eigenvalue weighted by Gasteiger charge is -2.26.